The molecule has 3 heteroatoms. The van der Waals surface area contributed by atoms with Crippen LogP contribution >= 0.6 is 0 Å². The van der Waals surface area contributed by atoms with Gasteiger partial charge in [-0.15, -0.1) is 0 Å². The van der Waals surface area contributed by atoms with Crippen LogP contribution < -0.4 is 5.32 Å². The molecule has 1 aromatic rings. The van der Waals surface area contributed by atoms with Gasteiger partial charge < -0.3 is 10.1 Å². The first-order valence-electron chi connectivity index (χ1n) is 5.69. The van der Waals surface area contributed by atoms with Crippen LogP contribution in [0.15, 0.2) is 30.3 Å². The topological polar surface area (TPSA) is 38.3 Å². The Hall–Kier alpha value is -1.51. The lowest BCUT2D eigenvalue weighted by Gasteiger charge is -2.04. The molecule has 1 N–H and O–H groups in total. The molecule has 1 aromatic carbocycles. The predicted octanol–water partition coefficient (Wildman–Crippen LogP) is 3.35. The first-order valence-corrected chi connectivity index (χ1v) is 5.69. The second-order valence-corrected chi connectivity index (χ2v) is 3.30. The minimum Gasteiger partial charge on any atom is -0.445 e. The first kappa shape index (κ1) is 14.5. The Kier molecular flexibility index (Phi) is 9.08. The Morgan fingerprint density at radius 2 is 1.75 bits per heavy atom. The van der Waals surface area contributed by atoms with E-state index in [-0.39, 0.29) is 6.09 Å². The molecule has 0 atom stereocenters. The van der Waals surface area contributed by atoms with Gasteiger partial charge in [0.05, 0.1) is 0 Å². The molecule has 0 spiro atoms. The van der Waals surface area contributed by atoms with Crippen molar-refractivity contribution in [2.45, 2.75) is 33.8 Å². The first-order chi connectivity index (χ1) is 7.74. The van der Waals surface area contributed by atoms with Crippen LogP contribution in [0.3, 0.4) is 0 Å². The number of rotatable bonds is 3. The summed E-state index contributed by atoms with van der Waals surface area (Å²) in [6, 6.07) is 9.58. The minimum absolute atomic E-state index is 0.326. The van der Waals surface area contributed by atoms with E-state index < -0.39 is 0 Å². The van der Waals surface area contributed by atoms with Gasteiger partial charge in [-0.1, -0.05) is 50.6 Å². The molecule has 90 valence electrons. The molecule has 0 bridgehead atoms. The van der Waals surface area contributed by atoms with Crippen LogP contribution in [0.5, 0.6) is 0 Å². The normalized spacial score (nSPS) is 8.69. The van der Waals surface area contributed by atoms with Gasteiger partial charge in [0.1, 0.15) is 6.61 Å². The van der Waals surface area contributed by atoms with Crippen LogP contribution in [-0.2, 0) is 11.3 Å². The third-order valence-electron chi connectivity index (χ3n) is 1.53. The highest BCUT2D eigenvalue weighted by Gasteiger charge is 1.98. The van der Waals surface area contributed by atoms with Crippen LogP contribution in [0.1, 0.15) is 32.8 Å². The molecule has 1 amide bonds. The van der Waals surface area contributed by atoms with Crippen LogP contribution in [0.25, 0.3) is 0 Å². The molecule has 16 heavy (non-hydrogen) atoms. The average Bonchev–Trinajstić information content (AvgIpc) is 2.29. The molecule has 1 rings (SSSR count). The second-order valence-electron chi connectivity index (χ2n) is 3.30. The Balaban J connectivity index is 0.000000673. The van der Waals surface area contributed by atoms with E-state index in [1.165, 1.54) is 6.42 Å². The van der Waals surface area contributed by atoms with E-state index in [1.54, 1.807) is 0 Å². The lowest BCUT2D eigenvalue weighted by Crippen LogP contribution is -2.23. The van der Waals surface area contributed by atoms with E-state index in [1.807, 2.05) is 37.3 Å². The summed E-state index contributed by atoms with van der Waals surface area (Å²) in [7, 11) is 0. The number of amides is 1. The lowest BCUT2D eigenvalue weighted by atomic mass is 10.2. The number of hydrogen-bond donors (Lipinski definition) is 1. The van der Waals surface area contributed by atoms with Gasteiger partial charge in [0.2, 0.25) is 0 Å². The summed E-state index contributed by atoms with van der Waals surface area (Å²) in [4.78, 5) is 10.9. The number of carbonyl (C=O) groups excluding carboxylic acids is 1. The molecule has 0 radical (unpaired) electrons. The highest BCUT2D eigenvalue weighted by atomic mass is 16.5. The maximum Gasteiger partial charge on any atom is 0.407 e. The Morgan fingerprint density at radius 1 is 1.19 bits per heavy atom. The summed E-state index contributed by atoms with van der Waals surface area (Å²) in [5.74, 6) is 0. The van der Waals surface area contributed by atoms with Crippen molar-refractivity contribution in [1.82, 2.24) is 5.32 Å². The smallest absolute Gasteiger partial charge is 0.407 e. The fourth-order valence-electron chi connectivity index (χ4n) is 0.918. The van der Waals surface area contributed by atoms with Crippen molar-refractivity contribution in [3.05, 3.63) is 35.9 Å². The zero-order valence-corrected chi connectivity index (χ0v) is 10.3. The van der Waals surface area contributed by atoms with Crippen molar-refractivity contribution in [2.75, 3.05) is 6.54 Å². The number of alkyl carbamates (subject to hydrolysis) is 1. The molecule has 0 aliphatic rings. The van der Waals surface area contributed by atoms with Gasteiger partial charge in [0.15, 0.2) is 0 Å². The molecule has 0 saturated heterocycles. The van der Waals surface area contributed by atoms with E-state index in [2.05, 4.69) is 19.2 Å². The van der Waals surface area contributed by atoms with Gasteiger partial charge in [-0.05, 0) is 12.5 Å². The summed E-state index contributed by atoms with van der Waals surface area (Å²) in [6.07, 6.45) is 0.881. The van der Waals surface area contributed by atoms with E-state index in [0.717, 1.165) is 5.56 Å². The molecular formula is C13H21NO2. The molecule has 0 heterocycles. The Bertz CT molecular complexity index is 273. The average molecular weight is 223 g/mol. The Morgan fingerprint density at radius 3 is 2.25 bits per heavy atom. The van der Waals surface area contributed by atoms with E-state index in [0.29, 0.717) is 13.2 Å². The van der Waals surface area contributed by atoms with Gasteiger partial charge in [-0.25, -0.2) is 4.79 Å². The van der Waals surface area contributed by atoms with Crippen molar-refractivity contribution < 1.29 is 9.53 Å². The molecule has 0 saturated carbocycles. The molecule has 0 aliphatic carbocycles. The Labute approximate surface area is 97.8 Å². The summed E-state index contributed by atoms with van der Waals surface area (Å²) >= 11 is 0. The van der Waals surface area contributed by atoms with Crippen LogP contribution in [0.2, 0.25) is 0 Å². The second kappa shape index (κ2) is 10.0. The highest BCUT2D eigenvalue weighted by molar-refractivity contribution is 5.66. The van der Waals surface area contributed by atoms with Gasteiger partial charge in [-0.2, -0.15) is 0 Å². The summed E-state index contributed by atoms with van der Waals surface area (Å²) < 4.78 is 4.92. The number of ether oxygens (including phenoxy) is 1. The van der Waals surface area contributed by atoms with Crippen LogP contribution in [0.4, 0.5) is 4.79 Å². The molecular weight excluding hydrogens is 202 g/mol. The van der Waals surface area contributed by atoms with Crippen LogP contribution in [0, 0.1) is 0 Å². The van der Waals surface area contributed by atoms with E-state index >= 15 is 0 Å². The molecule has 0 fully saturated rings. The van der Waals surface area contributed by atoms with E-state index in [9.17, 15) is 4.79 Å². The molecule has 0 aliphatic heterocycles. The highest BCUT2D eigenvalue weighted by Crippen LogP contribution is 1.99. The number of nitrogens with one attached hydrogen (secondary N) is 1. The predicted molar refractivity (Wildman–Crippen MR) is 66.3 cm³/mol. The maximum atomic E-state index is 10.9. The fourth-order valence-corrected chi connectivity index (χ4v) is 0.918. The maximum absolute atomic E-state index is 10.9. The number of carbonyl (C=O) groups is 1. The monoisotopic (exact) mass is 223 g/mol. The molecule has 3 nitrogen and oxygen atoms in total. The minimum atomic E-state index is -0.369. The quantitative estimate of drug-likeness (QED) is 0.853. The largest absolute Gasteiger partial charge is 0.445 e. The number of benzene rings is 1. The van der Waals surface area contributed by atoms with Gasteiger partial charge in [0.25, 0.3) is 0 Å². The SMILES string of the molecule is CCC.CCNC(=O)OCc1ccccc1. The van der Waals surface area contributed by atoms with Crippen LogP contribution in [-0.4, -0.2) is 12.6 Å². The fraction of sp³-hybridized carbons (Fsp3) is 0.462. The summed E-state index contributed by atoms with van der Waals surface area (Å²) in [5, 5.41) is 2.55. The zero-order chi connectivity index (χ0) is 12.2. The number of hydrogen-bond acceptors (Lipinski definition) is 2. The summed E-state index contributed by atoms with van der Waals surface area (Å²) in [5.41, 5.74) is 0.994. The van der Waals surface area contributed by atoms with Gasteiger partial charge in [0, 0.05) is 6.54 Å². The lowest BCUT2D eigenvalue weighted by molar-refractivity contribution is 0.140. The van der Waals surface area contributed by atoms with Gasteiger partial charge in [-0.3, -0.25) is 0 Å². The van der Waals surface area contributed by atoms with Crippen molar-refractivity contribution in [3.8, 4) is 0 Å². The zero-order valence-electron chi connectivity index (χ0n) is 10.3. The van der Waals surface area contributed by atoms with Gasteiger partial charge >= 0.3 is 6.09 Å². The third kappa shape index (κ3) is 7.85. The summed E-state index contributed by atoms with van der Waals surface area (Å²) in [6.45, 7) is 7.02. The molecule has 0 aromatic heterocycles. The van der Waals surface area contributed by atoms with Crippen molar-refractivity contribution in [3.63, 3.8) is 0 Å². The third-order valence-corrected chi connectivity index (χ3v) is 1.53. The van der Waals surface area contributed by atoms with Crippen molar-refractivity contribution >= 4 is 6.09 Å². The molecule has 0 unspecified atom stereocenters. The van der Waals surface area contributed by atoms with E-state index in [4.69, 9.17) is 4.74 Å². The standard InChI is InChI=1S/C10H13NO2.C3H8/c1-2-11-10(12)13-8-9-6-4-3-5-7-9;1-3-2/h3-7H,2,8H2,1H3,(H,11,12);3H2,1-2H3. The van der Waals surface area contributed by atoms with Crippen molar-refractivity contribution in [1.29, 1.82) is 0 Å². The van der Waals surface area contributed by atoms with Crippen molar-refractivity contribution in [2.24, 2.45) is 0 Å².